The van der Waals surface area contributed by atoms with Crippen LogP contribution in [0.3, 0.4) is 0 Å². The minimum atomic E-state index is 0.0287. The van der Waals surface area contributed by atoms with Crippen molar-refractivity contribution in [2.45, 2.75) is 43.1 Å². The summed E-state index contributed by atoms with van der Waals surface area (Å²) >= 11 is 3.98. The first-order valence-corrected chi connectivity index (χ1v) is 9.51. The van der Waals surface area contributed by atoms with Gasteiger partial charge in [0.25, 0.3) is 0 Å². The highest BCUT2D eigenvalue weighted by atomic mass is 32.2. The summed E-state index contributed by atoms with van der Waals surface area (Å²) in [7, 11) is 0. The first-order chi connectivity index (χ1) is 9.63. The number of nitrogens with one attached hydrogen (secondary N) is 1. The first kappa shape index (κ1) is 14.7. The molecule has 20 heavy (non-hydrogen) atoms. The fraction of sp³-hybridized carbons (Fsp3) is 0.857. The fourth-order valence-corrected chi connectivity index (χ4v) is 5.78. The van der Waals surface area contributed by atoms with Crippen LogP contribution in [-0.4, -0.2) is 40.0 Å². The minimum Gasteiger partial charge on any atom is -0.339 e. The molecule has 2 fully saturated rings. The van der Waals surface area contributed by atoms with Crippen LogP contribution in [-0.2, 0) is 5.41 Å². The topological polar surface area (TPSA) is 51.0 Å². The van der Waals surface area contributed by atoms with Gasteiger partial charge in [-0.05, 0) is 18.9 Å². The van der Waals surface area contributed by atoms with Gasteiger partial charge in [-0.1, -0.05) is 25.9 Å². The van der Waals surface area contributed by atoms with E-state index in [2.05, 4.69) is 31.2 Å². The van der Waals surface area contributed by atoms with Crippen molar-refractivity contribution in [2.24, 2.45) is 5.92 Å². The lowest BCUT2D eigenvalue weighted by molar-refractivity contribution is 0.234. The monoisotopic (exact) mass is 313 g/mol. The number of rotatable bonds is 3. The van der Waals surface area contributed by atoms with Gasteiger partial charge in [0.05, 0.1) is 10.7 Å². The molecule has 0 radical (unpaired) electrons. The zero-order valence-electron chi connectivity index (χ0n) is 12.4. The standard InChI is InChI=1S/C14H23N3OS2/c1-9(2)14(4-5-15-8-14)13-16-12(17-18-13)11-10(3)19-6-7-20-11/h9-11,15H,4-8H2,1-3H3. The van der Waals surface area contributed by atoms with Crippen molar-refractivity contribution < 1.29 is 4.52 Å². The number of nitrogens with zero attached hydrogens (tertiary/aromatic N) is 2. The average molecular weight is 313 g/mol. The Morgan fingerprint density at radius 3 is 2.80 bits per heavy atom. The van der Waals surface area contributed by atoms with Crippen molar-refractivity contribution >= 4 is 23.5 Å². The van der Waals surface area contributed by atoms with Gasteiger partial charge in [0.2, 0.25) is 5.89 Å². The molecule has 0 spiro atoms. The maximum Gasteiger partial charge on any atom is 0.234 e. The van der Waals surface area contributed by atoms with E-state index in [4.69, 9.17) is 9.51 Å². The Morgan fingerprint density at radius 2 is 2.15 bits per heavy atom. The third-order valence-corrected chi connectivity index (χ3v) is 7.69. The quantitative estimate of drug-likeness (QED) is 0.926. The van der Waals surface area contributed by atoms with Gasteiger partial charge >= 0.3 is 0 Å². The SMILES string of the molecule is CC1SCCSC1c1noc(C2(C(C)C)CCNC2)n1. The Hall–Kier alpha value is -0.200. The minimum absolute atomic E-state index is 0.0287. The highest BCUT2D eigenvalue weighted by molar-refractivity contribution is 8.06. The van der Waals surface area contributed by atoms with Crippen LogP contribution in [0.5, 0.6) is 0 Å². The van der Waals surface area contributed by atoms with Gasteiger partial charge in [0.15, 0.2) is 5.82 Å². The second-order valence-corrected chi connectivity index (χ2v) is 8.80. The zero-order chi connectivity index (χ0) is 14.2. The van der Waals surface area contributed by atoms with Crippen LogP contribution in [0.4, 0.5) is 0 Å². The molecule has 3 unspecified atom stereocenters. The molecule has 0 bridgehead atoms. The van der Waals surface area contributed by atoms with E-state index in [1.807, 2.05) is 23.5 Å². The van der Waals surface area contributed by atoms with E-state index in [1.54, 1.807) is 0 Å². The van der Waals surface area contributed by atoms with Crippen LogP contribution in [0.25, 0.3) is 0 Å². The number of aromatic nitrogens is 2. The number of hydrogen-bond acceptors (Lipinski definition) is 6. The Kier molecular flexibility index (Phi) is 4.34. The molecule has 1 aromatic heterocycles. The molecule has 2 aliphatic heterocycles. The van der Waals surface area contributed by atoms with Crippen molar-refractivity contribution in [2.75, 3.05) is 24.6 Å². The van der Waals surface area contributed by atoms with E-state index in [9.17, 15) is 0 Å². The Balaban J connectivity index is 1.85. The van der Waals surface area contributed by atoms with Crippen molar-refractivity contribution in [3.63, 3.8) is 0 Å². The van der Waals surface area contributed by atoms with Crippen LogP contribution in [0.15, 0.2) is 4.52 Å². The molecule has 3 atom stereocenters. The summed E-state index contributed by atoms with van der Waals surface area (Å²) in [6.07, 6.45) is 1.09. The van der Waals surface area contributed by atoms with E-state index in [1.165, 1.54) is 11.5 Å². The van der Waals surface area contributed by atoms with Gasteiger partial charge in [0, 0.05) is 23.3 Å². The largest absolute Gasteiger partial charge is 0.339 e. The predicted octanol–water partition coefficient (Wildman–Crippen LogP) is 2.87. The van der Waals surface area contributed by atoms with Gasteiger partial charge in [-0.2, -0.15) is 16.7 Å². The van der Waals surface area contributed by atoms with Crippen LogP contribution < -0.4 is 5.32 Å². The van der Waals surface area contributed by atoms with E-state index in [0.717, 1.165) is 31.2 Å². The lowest BCUT2D eigenvalue weighted by Crippen LogP contribution is -2.35. The van der Waals surface area contributed by atoms with Gasteiger partial charge < -0.3 is 9.84 Å². The molecule has 0 amide bonds. The highest BCUT2D eigenvalue weighted by Gasteiger charge is 2.44. The van der Waals surface area contributed by atoms with Gasteiger partial charge in [-0.3, -0.25) is 0 Å². The summed E-state index contributed by atoms with van der Waals surface area (Å²) in [6, 6.07) is 0. The number of hydrogen-bond donors (Lipinski definition) is 1. The smallest absolute Gasteiger partial charge is 0.234 e. The summed E-state index contributed by atoms with van der Waals surface area (Å²) in [5, 5.41) is 8.71. The normalized spacial score (nSPS) is 34.8. The molecule has 1 aromatic rings. The third kappa shape index (κ3) is 2.50. The lowest BCUT2D eigenvalue weighted by atomic mass is 9.76. The fourth-order valence-electron chi connectivity index (χ4n) is 3.10. The maximum absolute atomic E-state index is 5.69. The summed E-state index contributed by atoms with van der Waals surface area (Å²) in [5.74, 6) is 4.66. The molecule has 3 heterocycles. The van der Waals surface area contributed by atoms with Crippen molar-refractivity contribution in [1.29, 1.82) is 0 Å². The highest BCUT2D eigenvalue weighted by Crippen LogP contribution is 2.43. The Bertz CT molecular complexity index is 457. The molecular formula is C14H23N3OS2. The first-order valence-electron chi connectivity index (χ1n) is 7.41. The summed E-state index contributed by atoms with van der Waals surface area (Å²) in [5.41, 5.74) is 0.0287. The maximum atomic E-state index is 5.69. The van der Waals surface area contributed by atoms with E-state index < -0.39 is 0 Å². The molecule has 6 heteroatoms. The van der Waals surface area contributed by atoms with E-state index in [0.29, 0.717) is 16.4 Å². The molecule has 2 aliphatic rings. The molecule has 0 aliphatic carbocycles. The van der Waals surface area contributed by atoms with E-state index in [-0.39, 0.29) is 5.41 Å². The zero-order valence-corrected chi connectivity index (χ0v) is 14.0. The predicted molar refractivity (Wildman–Crippen MR) is 85.4 cm³/mol. The van der Waals surface area contributed by atoms with E-state index >= 15 is 0 Å². The molecule has 112 valence electrons. The van der Waals surface area contributed by atoms with Crippen molar-refractivity contribution in [1.82, 2.24) is 15.5 Å². The average Bonchev–Trinajstić information content (AvgIpc) is 3.09. The Morgan fingerprint density at radius 1 is 1.35 bits per heavy atom. The molecule has 1 N–H and O–H groups in total. The van der Waals surface area contributed by atoms with Crippen molar-refractivity contribution in [3.05, 3.63) is 11.7 Å². The third-order valence-electron chi connectivity index (χ3n) is 4.60. The lowest BCUT2D eigenvalue weighted by Gasteiger charge is -2.28. The van der Waals surface area contributed by atoms with Gasteiger partial charge in [-0.15, -0.1) is 11.8 Å². The molecule has 2 saturated heterocycles. The summed E-state index contributed by atoms with van der Waals surface area (Å²) < 4.78 is 5.69. The summed E-state index contributed by atoms with van der Waals surface area (Å²) in [4.78, 5) is 4.81. The van der Waals surface area contributed by atoms with Crippen LogP contribution in [0, 0.1) is 5.92 Å². The molecule has 0 aromatic carbocycles. The molecule has 4 nitrogen and oxygen atoms in total. The number of thioether (sulfide) groups is 2. The van der Waals surface area contributed by atoms with Crippen LogP contribution in [0.1, 0.15) is 44.2 Å². The Labute approximate surface area is 129 Å². The van der Waals surface area contributed by atoms with Crippen LogP contribution in [0.2, 0.25) is 0 Å². The summed E-state index contributed by atoms with van der Waals surface area (Å²) in [6.45, 7) is 8.77. The molecule has 0 saturated carbocycles. The van der Waals surface area contributed by atoms with Crippen molar-refractivity contribution in [3.8, 4) is 0 Å². The molecular weight excluding hydrogens is 290 g/mol. The van der Waals surface area contributed by atoms with Gasteiger partial charge in [-0.25, -0.2) is 0 Å². The van der Waals surface area contributed by atoms with Gasteiger partial charge in [0.1, 0.15) is 0 Å². The van der Waals surface area contributed by atoms with Crippen LogP contribution >= 0.6 is 23.5 Å². The molecule has 3 rings (SSSR count). The second-order valence-electron chi connectivity index (χ2n) is 6.06. The second kappa shape index (κ2) is 5.89.